The summed E-state index contributed by atoms with van der Waals surface area (Å²) < 4.78 is 5.44. The van der Waals surface area contributed by atoms with Crippen LogP contribution >= 0.6 is 0 Å². The van der Waals surface area contributed by atoms with E-state index in [0.717, 1.165) is 32.7 Å². The summed E-state index contributed by atoms with van der Waals surface area (Å²) in [5.41, 5.74) is 8.02. The van der Waals surface area contributed by atoms with Crippen LogP contribution in [0.5, 0.6) is 0 Å². The summed E-state index contributed by atoms with van der Waals surface area (Å²) in [5, 5.41) is 12.8. The first-order valence-electron chi connectivity index (χ1n) is 11.8. The van der Waals surface area contributed by atoms with Crippen molar-refractivity contribution in [2.75, 3.05) is 0 Å². The Kier molecular flexibility index (Phi) is 6.59. The molecule has 7 heteroatoms. The van der Waals surface area contributed by atoms with Crippen LogP contribution < -0.4 is 10.9 Å². The molecule has 4 aromatic carbocycles. The molecule has 0 saturated heterocycles. The SMILES string of the molecule is C/C(=N\NC(=O)c1ccc(C(=O)N/N=C(\C)c2ccc3ccccc3c2)o1)c1ccc2ccccc2c1. The lowest BCUT2D eigenvalue weighted by Gasteiger charge is -2.04. The Morgan fingerprint density at radius 1 is 0.568 bits per heavy atom. The van der Waals surface area contributed by atoms with E-state index in [-0.39, 0.29) is 11.5 Å². The molecule has 1 heterocycles. The second kappa shape index (κ2) is 10.3. The van der Waals surface area contributed by atoms with Crippen molar-refractivity contribution in [3.8, 4) is 0 Å². The number of amides is 2. The molecular formula is C30H24N4O3. The molecule has 0 fully saturated rings. The van der Waals surface area contributed by atoms with Crippen molar-refractivity contribution in [1.82, 2.24) is 10.9 Å². The third-order valence-corrected chi connectivity index (χ3v) is 6.04. The van der Waals surface area contributed by atoms with Crippen LogP contribution in [0.1, 0.15) is 46.1 Å². The van der Waals surface area contributed by atoms with Crippen LogP contribution in [0.2, 0.25) is 0 Å². The van der Waals surface area contributed by atoms with Gasteiger partial charge in [0.05, 0.1) is 11.4 Å². The molecule has 7 nitrogen and oxygen atoms in total. The molecule has 37 heavy (non-hydrogen) atoms. The maximum Gasteiger partial charge on any atom is 0.307 e. The number of hydrogen-bond acceptors (Lipinski definition) is 5. The van der Waals surface area contributed by atoms with Gasteiger partial charge in [0.2, 0.25) is 0 Å². The molecule has 0 atom stereocenters. The van der Waals surface area contributed by atoms with E-state index in [0.29, 0.717) is 11.4 Å². The Balaban J connectivity index is 1.22. The van der Waals surface area contributed by atoms with Crippen molar-refractivity contribution >= 4 is 44.8 Å². The van der Waals surface area contributed by atoms with E-state index in [4.69, 9.17) is 4.42 Å². The van der Waals surface area contributed by atoms with Crippen LogP contribution in [0, 0.1) is 0 Å². The minimum absolute atomic E-state index is 0.0320. The molecule has 182 valence electrons. The molecule has 0 bridgehead atoms. The Morgan fingerprint density at radius 3 is 1.41 bits per heavy atom. The maximum absolute atomic E-state index is 12.5. The van der Waals surface area contributed by atoms with Gasteiger partial charge in [0.25, 0.3) is 0 Å². The highest BCUT2D eigenvalue weighted by Crippen LogP contribution is 2.17. The van der Waals surface area contributed by atoms with E-state index in [2.05, 4.69) is 21.1 Å². The van der Waals surface area contributed by atoms with Crippen molar-refractivity contribution in [1.29, 1.82) is 0 Å². The van der Waals surface area contributed by atoms with Crippen molar-refractivity contribution in [2.24, 2.45) is 10.2 Å². The summed E-state index contributed by atoms with van der Waals surface area (Å²) in [7, 11) is 0. The third kappa shape index (κ3) is 5.31. The number of fused-ring (bicyclic) bond motifs is 2. The van der Waals surface area contributed by atoms with E-state index in [1.807, 2.05) is 84.9 Å². The van der Waals surface area contributed by atoms with Crippen LogP contribution in [0.3, 0.4) is 0 Å². The molecule has 0 aliphatic rings. The number of carbonyl (C=O) groups is 2. The monoisotopic (exact) mass is 488 g/mol. The fourth-order valence-electron chi connectivity index (χ4n) is 3.92. The molecule has 0 unspecified atom stereocenters. The summed E-state index contributed by atoms with van der Waals surface area (Å²) >= 11 is 0. The summed E-state index contributed by atoms with van der Waals surface area (Å²) in [4.78, 5) is 25.0. The van der Waals surface area contributed by atoms with Gasteiger partial charge in [0, 0.05) is 0 Å². The Labute approximate surface area is 213 Å². The Hall–Kier alpha value is -5.04. The summed E-state index contributed by atoms with van der Waals surface area (Å²) in [6.45, 7) is 3.61. The first kappa shape index (κ1) is 23.7. The van der Waals surface area contributed by atoms with E-state index < -0.39 is 11.8 Å². The Bertz CT molecular complexity index is 1570. The van der Waals surface area contributed by atoms with Crippen LogP contribution in [0.15, 0.2) is 112 Å². The van der Waals surface area contributed by atoms with Gasteiger partial charge in [-0.15, -0.1) is 0 Å². The van der Waals surface area contributed by atoms with E-state index in [1.165, 1.54) is 12.1 Å². The minimum Gasteiger partial charge on any atom is -0.446 e. The molecule has 0 aliphatic heterocycles. The number of benzene rings is 4. The zero-order chi connectivity index (χ0) is 25.8. The lowest BCUT2D eigenvalue weighted by atomic mass is 10.0. The molecule has 0 radical (unpaired) electrons. The molecule has 1 aromatic heterocycles. The van der Waals surface area contributed by atoms with Gasteiger partial charge in [-0.1, -0.05) is 72.8 Å². The number of hydrogen-bond donors (Lipinski definition) is 2. The average Bonchev–Trinajstić information content (AvgIpc) is 3.44. The van der Waals surface area contributed by atoms with Crippen molar-refractivity contribution in [3.05, 3.63) is 120 Å². The number of rotatable bonds is 6. The largest absolute Gasteiger partial charge is 0.446 e. The van der Waals surface area contributed by atoms with Crippen LogP contribution in [0.25, 0.3) is 21.5 Å². The smallest absolute Gasteiger partial charge is 0.307 e. The van der Waals surface area contributed by atoms with Crippen LogP contribution in [-0.2, 0) is 0 Å². The highest BCUT2D eigenvalue weighted by atomic mass is 16.4. The standard InChI is InChI=1S/C30H24N4O3/c1-19(23-13-11-21-7-3-5-9-25(21)17-23)31-33-29(35)27-15-16-28(37-27)30(36)34-32-20(2)24-14-12-22-8-4-6-10-26(22)18-24/h3-18H,1-2H3,(H,33,35)(H,34,36)/b31-19+,32-20+. The normalized spacial score (nSPS) is 12.1. The minimum atomic E-state index is -0.560. The lowest BCUT2D eigenvalue weighted by molar-refractivity contribution is 0.0902. The molecular weight excluding hydrogens is 464 g/mol. The van der Waals surface area contributed by atoms with E-state index >= 15 is 0 Å². The summed E-state index contributed by atoms with van der Waals surface area (Å²) in [6, 6.07) is 30.8. The maximum atomic E-state index is 12.5. The summed E-state index contributed by atoms with van der Waals surface area (Å²) in [6.07, 6.45) is 0. The number of furan rings is 1. The fraction of sp³-hybridized carbons (Fsp3) is 0.0667. The summed E-state index contributed by atoms with van der Waals surface area (Å²) in [5.74, 6) is -1.18. The van der Waals surface area contributed by atoms with Gasteiger partial charge in [-0.3, -0.25) is 9.59 Å². The van der Waals surface area contributed by atoms with Crippen molar-refractivity contribution in [2.45, 2.75) is 13.8 Å². The molecule has 2 amide bonds. The van der Waals surface area contributed by atoms with Gasteiger partial charge in [-0.25, -0.2) is 10.9 Å². The molecule has 5 rings (SSSR count). The van der Waals surface area contributed by atoms with Gasteiger partial charge < -0.3 is 4.42 Å². The quantitative estimate of drug-likeness (QED) is 0.230. The van der Waals surface area contributed by atoms with Crippen LogP contribution in [0.4, 0.5) is 0 Å². The molecule has 0 aliphatic carbocycles. The van der Waals surface area contributed by atoms with Crippen molar-refractivity contribution in [3.63, 3.8) is 0 Å². The van der Waals surface area contributed by atoms with Gasteiger partial charge >= 0.3 is 11.8 Å². The first-order valence-corrected chi connectivity index (χ1v) is 11.8. The molecule has 5 aromatic rings. The van der Waals surface area contributed by atoms with Crippen molar-refractivity contribution < 1.29 is 14.0 Å². The van der Waals surface area contributed by atoms with Gasteiger partial charge in [0.1, 0.15) is 0 Å². The second-order valence-electron chi connectivity index (χ2n) is 8.56. The first-order chi connectivity index (χ1) is 18.0. The van der Waals surface area contributed by atoms with Gasteiger partial charge in [-0.05, 0) is 70.8 Å². The second-order valence-corrected chi connectivity index (χ2v) is 8.56. The third-order valence-electron chi connectivity index (χ3n) is 6.04. The fourth-order valence-corrected chi connectivity index (χ4v) is 3.92. The molecule has 0 spiro atoms. The number of hydrazone groups is 2. The predicted molar refractivity (Wildman–Crippen MR) is 146 cm³/mol. The van der Waals surface area contributed by atoms with E-state index in [1.54, 1.807) is 13.8 Å². The molecule has 0 saturated carbocycles. The highest BCUT2D eigenvalue weighted by Gasteiger charge is 2.16. The predicted octanol–water partition coefficient (Wildman–Crippen LogP) is 5.89. The van der Waals surface area contributed by atoms with Crippen LogP contribution in [-0.4, -0.2) is 23.2 Å². The van der Waals surface area contributed by atoms with Gasteiger partial charge in [-0.2, -0.15) is 10.2 Å². The molecule has 2 N–H and O–H groups in total. The average molecular weight is 489 g/mol. The lowest BCUT2D eigenvalue weighted by Crippen LogP contribution is -2.20. The van der Waals surface area contributed by atoms with Gasteiger partial charge in [0.15, 0.2) is 11.5 Å². The topological polar surface area (TPSA) is 96.1 Å². The number of carbonyl (C=O) groups excluding carboxylic acids is 2. The number of nitrogens with zero attached hydrogens (tertiary/aromatic N) is 2. The highest BCUT2D eigenvalue weighted by molar-refractivity contribution is 6.04. The zero-order valence-corrected chi connectivity index (χ0v) is 20.4. The van der Waals surface area contributed by atoms with E-state index in [9.17, 15) is 9.59 Å². The zero-order valence-electron chi connectivity index (χ0n) is 20.4. The number of nitrogens with one attached hydrogen (secondary N) is 2. The Morgan fingerprint density at radius 2 is 0.973 bits per heavy atom.